The van der Waals surface area contributed by atoms with Crippen molar-refractivity contribution in [3.8, 4) is 9.75 Å². The Bertz CT molecular complexity index is 490. The van der Waals surface area contributed by atoms with Crippen molar-refractivity contribution in [2.45, 2.75) is 25.2 Å². The van der Waals surface area contributed by atoms with Crippen molar-refractivity contribution in [3.05, 3.63) is 46.7 Å². The highest BCUT2D eigenvalue weighted by Crippen LogP contribution is 2.55. The molecule has 3 rings (SSSR count). The third-order valence-corrected chi connectivity index (χ3v) is 5.57. The van der Waals surface area contributed by atoms with E-state index in [2.05, 4.69) is 36.4 Å². The van der Waals surface area contributed by atoms with E-state index in [1.807, 2.05) is 28.7 Å². The molecule has 2 aromatic heterocycles. The number of rotatable bonds is 3. The molecular formula is C14H14S2. The van der Waals surface area contributed by atoms with Crippen LogP contribution in [0.4, 0.5) is 0 Å². The van der Waals surface area contributed by atoms with Gasteiger partial charge >= 0.3 is 0 Å². The minimum absolute atomic E-state index is 0.221. The van der Waals surface area contributed by atoms with E-state index >= 15 is 0 Å². The van der Waals surface area contributed by atoms with Crippen molar-refractivity contribution in [3.63, 3.8) is 0 Å². The van der Waals surface area contributed by atoms with E-state index in [9.17, 15) is 0 Å². The average Bonchev–Trinajstić information content (AvgIpc) is 2.94. The molecule has 0 saturated heterocycles. The van der Waals surface area contributed by atoms with Gasteiger partial charge in [0.25, 0.3) is 0 Å². The van der Waals surface area contributed by atoms with Gasteiger partial charge in [0.15, 0.2) is 0 Å². The first-order chi connectivity index (χ1) is 7.77. The molecule has 0 nitrogen and oxygen atoms in total. The number of allylic oxidation sites excluding steroid dienone is 1. The van der Waals surface area contributed by atoms with Gasteiger partial charge in [0.05, 0.1) is 0 Å². The molecule has 0 bridgehead atoms. The van der Waals surface area contributed by atoms with Crippen LogP contribution in [-0.4, -0.2) is 0 Å². The van der Waals surface area contributed by atoms with Crippen LogP contribution in [0.25, 0.3) is 9.75 Å². The third kappa shape index (κ3) is 1.20. The summed E-state index contributed by atoms with van der Waals surface area (Å²) in [6.07, 6.45) is 4.28. The van der Waals surface area contributed by atoms with Gasteiger partial charge in [-0.1, -0.05) is 13.0 Å². The van der Waals surface area contributed by atoms with Gasteiger partial charge in [0.1, 0.15) is 0 Å². The molecule has 0 saturated carbocycles. The van der Waals surface area contributed by atoms with Gasteiger partial charge in [0, 0.05) is 15.2 Å². The van der Waals surface area contributed by atoms with E-state index in [0.29, 0.717) is 0 Å². The first kappa shape index (κ1) is 10.3. The molecule has 16 heavy (non-hydrogen) atoms. The summed E-state index contributed by atoms with van der Waals surface area (Å²) in [5.41, 5.74) is 3.28. The van der Waals surface area contributed by atoms with Gasteiger partial charge in [-0.15, -0.1) is 29.3 Å². The van der Waals surface area contributed by atoms with Crippen molar-refractivity contribution < 1.29 is 0 Å². The van der Waals surface area contributed by atoms with Crippen molar-refractivity contribution in [2.75, 3.05) is 0 Å². The zero-order chi connectivity index (χ0) is 11.2. The third-order valence-electron chi connectivity index (χ3n) is 3.57. The molecule has 82 valence electrons. The Morgan fingerprint density at radius 2 is 1.75 bits per heavy atom. The highest BCUT2D eigenvalue weighted by Gasteiger charge is 2.40. The quantitative estimate of drug-likeness (QED) is 0.664. The SMILES string of the molecule is C=CCCC1(C)c2ccsc2-c2sccc21. The van der Waals surface area contributed by atoms with Gasteiger partial charge in [-0.25, -0.2) is 0 Å². The fraction of sp³-hybridized carbons (Fsp3) is 0.286. The van der Waals surface area contributed by atoms with Crippen LogP contribution in [0.15, 0.2) is 35.5 Å². The Morgan fingerprint density at radius 3 is 2.25 bits per heavy atom. The summed E-state index contributed by atoms with van der Waals surface area (Å²) >= 11 is 3.76. The lowest BCUT2D eigenvalue weighted by molar-refractivity contribution is 0.540. The molecule has 0 radical (unpaired) electrons. The molecule has 0 atom stereocenters. The van der Waals surface area contributed by atoms with Crippen molar-refractivity contribution >= 4 is 22.7 Å². The smallest absolute Gasteiger partial charge is 0.0486 e. The van der Waals surface area contributed by atoms with Crippen LogP contribution in [0, 0.1) is 0 Å². The summed E-state index contributed by atoms with van der Waals surface area (Å²) in [5.74, 6) is 0. The van der Waals surface area contributed by atoms with Crippen LogP contribution in [0.3, 0.4) is 0 Å². The first-order valence-electron chi connectivity index (χ1n) is 5.54. The van der Waals surface area contributed by atoms with Gasteiger partial charge in [-0.2, -0.15) is 0 Å². The normalized spacial score (nSPS) is 15.8. The molecule has 0 aliphatic heterocycles. The van der Waals surface area contributed by atoms with Gasteiger partial charge in [-0.05, 0) is 46.9 Å². The Morgan fingerprint density at radius 1 is 1.19 bits per heavy atom. The van der Waals surface area contributed by atoms with Crippen LogP contribution in [0.2, 0.25) is 0 Å². The lowest BCUT2D eigenvalue weighted by atomic mass is 9.78. The van der Waals surface area contributed by atoms with Gasteiger partial charge in [-0.3, -0.25) is 0 Å². The van der Waals surface area contributed by atoms with E-state index in [0.717, 1.165) is 6.42 Å². The fourth-order valence-electron chi connectivity index (χ4n) is 2.64. The van der Waals surface area contributed by atoms with Crippen LogP contribution in [0.5, 0.6) is 0 Å². The van der Waals surface area contributed by atoms with E-state index in [4.69, 9.17) is 0 Å². The summed E-state index contributed by atoms with van der Waals surface area (Å²) in [5, 5.41) is 4.44. The minimum Gasteiger partial charge on any atom is -0.143 e. The summed E-state index contributed by atoms with van der Waals surface area (Å²) in [6.45, 7) is 6.22. The van der Waals surface area contributed by atoms with E-state index in [1.54, 1.807) is 0 Å². The second-order valence-corrected chi connectivity index (χ2v) is 6.32. The van der Waals surface area contributed by atoms with Crippen LogP contribution in [0.1, 0.15) is 30.9 Å². The monoisotopic (exact) mass is 246 g/mol. The molecule has 2 heteroatoms. The number of hydrogen-bond acceptors (Lipinski definition) is 2. The molecule has 1 aliphatic carbocycles. The molecule has 0 amide bonds. The van der Waals surface area contributed by atoms with Crippen LogP contribution < -0.4 is 0 Å². The minimum atomic E-state index is 0.221. The van der Waals surface area contributed by atoms with Gasteiger partial charge < -0.3 is 0 Å². The number of fused-ring (bicyclic) bond motifs is 3. The van der Waals surface area contributed by atoms with E-state index in [-0.39, 0.29) is 5.41 Å². The highest BCUT2D eigenvalue weighted by atomic mass is 32.1. The predicted octanol–water partition coefficient (Wildman–Crippen LogP) is 5.06. The molecule has 2 heterocycles. The first-order valence-corrected chi connectivity index (χ1v) is 7.30. The van der Waals surface area contributed by atoms with Crippen LogP contribution in [-0.2, 0) is 5.41 Å². The highest BCUT2D eigenvalue weighted by molar-refractivity contribution is 7.21. The predicted molar refractivity (Wildman–Crippen MR) is 73.5 cm³/mol. The van der Waals surface area contributed by atoms with Crippen molar-refractivity contribution in [1.29, 1.82) is 0 Å². The maximum Gasteiger partial charge on any atom is 0.0486 e. The molecule has 2 aromatic rings. The Kier molecular flexibility index (Phi) is 2.30. The standard InChI is InChI=1S/C14H14S2/c1-3-4-7-14(2)10-5-8-15-12(10)13-11(14)6-9-16-13/h3,5-6,8-9H,1,4,7H2,2H3. The lowest BCUT2D eigenvalue weighted by Gasteiger charge is -2.25. The van der Waals surface area contributed by atoms with Crippen LogP contribution >= 0.6 is 22.7 Å². The molecule has 1 aliphatic rings. The van der Waals surface area contributed by atoms with E-state index < -0.39 is 0 Å². The largest absolute Gasteiger partial charge is 0.143 e. The van der Waals surface area contributed by atoms with Crippen molar-refractivity contribution in [2.24, 2.45) is 0 Å². The summed E-state index contributed by atoms with van der Waals surface area (Å²) in [7, 11) is 0. The maximum atomic E-state index is 3.85. The second kappa shape index (κ2) is 3.57. The molecule has 0 fully saturated rings. The van der Waals surface area contributed by atoms with E-state index in [1.165, 1.54) is 27.3 Å². The zero-order valence-corrected chi connectivity index (χ0v) is 11.0. The molecule has 0 N–H and O–H groups in total. The molecule has 0 aromatic carbocycles. The number of thiophene rings is 2. The van der Waals surface area contributed by atoms with Crippen molar-refractivity contribution in [1.82, 2.24) is 0 Å². The molecule has 0 unspecified atom stereocenters. The second-order valence-electron chi connectivity index (χ2n) is 4.49. The topological polar surface area (TPSA) is 0 Å². The average molecular weight is 246 g/mol. The maximum absolute atomic E-state index is 3.85. The summed E-state index contributed by atoms with van der Waals surface area (Å²) in [6, 6.07) is 4.60. The molecular weight excluding hydrogens is 232 g/mol. The Hall–Kier alpha value is -0.860. The zero-order valence-electron chi connectivity index (χ0n) is 9.32. The van der Waals surface area contributed by atoms with Gasteiger partial charge in [0.2, 0.25) is 0 Å². The Balaban J connectivity index is 2.17. The summed E-state index contributed by atoms with van der Waals surface area (Å²) < 4.78 is 0. The number of hydrogen-bond donors (Lipinski definition) is 0. The molecule has 0 spiro atoms. The lowest BCUT2D eigenvalue weighted by Crippen LogP contribution is -2.19. The summed E-state index contributed by atoms with van der Waals surface area (Å²) in [4.78, 5) is 2.99. The fourth-order valence-corrected chi connectivity index (χ4v) is 4.89. The Labute approximate surface area is 104 Å².